The lowest BCUT2D eigenvalue weighted by Gasteiger charge is -2.09. The summed E-state index contributed by atoms with van der Waals surface area (Å²) in [7, 11) is 0. The number of rotatable bonds is 7. The average Bonchev–Trinajstić information content (AvgIpc) is 2.93. The molecule has 0 bridgehead atoms. The third-order valence-electron chi connectivity index (χ3n) is 2.58. The molecular weight excluding hydrogens is 244 g/mol. The Morgan fingerprint density at radius 1 is 1.16 bits per heavy atom. The summed E-state index contributed by atoms with van der Waals surface area (Å²) < 4.78 is 16.3. The minimum absolute atomic E-state index is 0.305. The van der Waals surface area contributed by atoms with Gasteiger partial charge >= 0.3 is 0 Å². The zero-order chi connectivity index (χ0) is 13.5. The van der Waals surface area contributed by atoms with Crippen LogP contribution in [0.2, 0.25) is 0 Å². The van der Waals surface area contributed by atoms with Crippen molar-refractivity contribution in [3.63, 3.8) is 0 Å². The Hall–Kier alpha value is -2.07. The summed E-state index contributed by atoms with van der Waals surface area (Å²) in [5.41, 5.74) is 0.826. The monoisotopic (exact) mass is 260 g/mol. The van der Waals surface area contributed by atoms with E-state index in [1.54, 1.807) is 12.1 Å². The predicted molar refractivity (Wildman–Crippen MR) is 71.5 cm³/mol. The van der Waals surface area contributed by atoms with Gasteiger partial charge in [0, 0.05) is 6.61 Å². The molecule has 0 N–H and O–H groups in total. The van der Waals surface area contributed by atoms with E-state index in [2.05, 4.69) is 0 Å². The van der Waals surface area contributed by atoms with Gasteiger partial charge in [-0.25, -0.2) is 0 Å². The van der Waals surface area contributed by atoms with Gasteiger partial charge in [0.1, 0.15) is 18.1 Å². The summed E-state index contributed by atoms with van der Waals surface area (Å²) in [5.74, 6) is 1.64. The lowest BCUT2D eigenvalue weighted by molar-refractivity contribution is 0.110. The summed E-state index contributed by atoms with van der Waals surface area (Å²) >= 11 is 0. The van der Waals surface area contributed by atoms with Crippen LogP contribution in [0, 0.1) is 0 Å². The van der Waals surface area contributed by atoms with E-state index in [9.17, 15) is 4.79 Å². The first-order valence-corrected chi connectivity index (χ1v) is 6.20. The molecule has 0 spiro atoms. The van der Waals surface area contributed by atoms with Crippen molar-refractivity contribution in [1.29, 1.82) is 0 Å². The quantitative estimate of drug-likeness (QED) is 0.566. The first-order chi connectivity index (χ1) is 9.35. The van der Waals surface area contributed by atoms with Crippen molar-refractivity contribution < 1.29 is 18.7 Å². The summed E-state index contributed by atoms with van der Waals surface area (Å²) in [5, 5.41) is 0. The van der Waals surface area contributed by atoms with E-state index >= 15 is 0 Å². The maximum Gasteiger partial charge on any atom is 0.185 e. The van der Waals surface area contributed by atoms with E-state index in [-0.39, 0.29) is 0 Å². The Labute approximate surface area is 111 Å². The summed E-state index contributed by atoms with van der Waals surface area (Å²) in [4.78, 5) is 10.6. The van der Waals surface area contributed by atoms with E-state index in [0.717, 1.165) is 5.56 Å². The lowest BCUT2D eigenvalue weighted by Crippen LogP contribution is -2.06. The second-order valence-corrected chi connectivity index (χ2v) is 3.86. The fraction of sp³-hybridized carbons (Fsp3) is 0.267. The van der Waals surface area contributed by atoms with E-state index in [1.807, 2.05) is 31.2 Å². The van der Waals surface area contributed by atoms with Crippen molar-refractivity contribution in [2.24, 2.45) is 0 Å². The van der Waals surface area contributed by atoms with Crippen LogP contribution in [-0.4, -0.2) is 26.1 Å². The summed E-state index contributed by atoms with van der Waals surface area (Å²) in [6.45, 7) is 3.64. The van der Waals surface area contributed by atoms with Crippen LogP contribution >= 0.6 is 0 Å². The van der Waals surface area contributed by atoms with Gasteiger partial charge in [0.2, 0.25) is 0 Å². The maximum atomic E-state index is 10.6. The van der Waals surface area contributed by atoms with Gasteiger partial charge in [-0.15, -0.1) is 0 Å². The molecule has 1 aromatic heterocycles. The van der Waals surface area contributed by atoms with Gasteiger partial charge in [-0.3, -0.25) is 4.79 Å². The number of carbonyl (C=O) groups is 1. The highest BCUT2D eigenvalue weighted by Crippen LogP contribution is 2.30. The van der Waals surface area contributed by atoms with Crippen LogP contribution in [0.5, 0.6) is 5.75 Å². The molecule has 0 radical (unpaired) electrons. The molecular formula is C15H16O4. The molecule has 0 aliphatic carbocycles. The first-order valence-electron chi connectivity index (χ1n) is 6.20. The fourth-order valence-corrected chi connectivity index (χ4v) is 1.71. The predicted octanol–water partition coefficient (Wildman–Crippen LogP) is 3.17. The molecule has 2 aromatic rings. The molecule has 0 aliphatic heterocycles. The van der Waals surface area contributed by atoms with Crippen LogP contribution in [0.25, 0.3) is 11.3 Å². The number of furan rings is 1. The van der Waals surface area contributed by atoms with Crippen molar-refractivity contribution in [3.05, 3.63) is 42.2 Å². The number of hydrogen-bond acceptors (Lipinski definition) is 4. The Morgan fingerprint density at radius 3 is 2.74 bits per heavy atom. The van der Waals surface area contributed by atoms with Gasteiger partial charge < -0.3 is 13.9 Å². The zero-order valence-electron chi connectivity index (χ0n) is 10.8. The smallest absolute Gasteiger partial charge is 0.185 e. The second kappa shape index (κ2) is 6.75. The Morgan fingerprint density at radius 2 is 2.00 bits per heavy atom. The molecule has 0 saturated heterocycles. The largest absolute Gasteiger partial charge is 0.490 e. The van der Waals surface area contributed by atoms with Gasteiger partial charge in [-0.1, -0.05) is 12.1 Å². The second-order valence-electron chi connectivity index (χ2n) is 3.86. The first kappa shape index (κ1) is 13.4. The number of benzene rings is 1. The number of carbonyl (C=O) groups excluding carboxylic acids is 1. The van der Waals surface area contributed by atoms with Crippen LogP contribution in [0.4, 0.5) is 0 Å². The molecule has 0 amide bonds. The van der Waals surface area contributed by atoms with Gasteiger partial charge in [-0.05, 0) is 31.2 Å². The molecule has 0 unspecified atom stereocenters. The van der Waals surface area contributed by atoms with E-state index in [0.29, 0.717) is 43.4 Å². The van der Waals surface area contributed by atoms with Crippen molar-refractivity contribution >= 4 is 6.29 Å². The van der Waals surface area contributed by atoms with Crippen LogP contribution in [0.3, 0.4) is 0 Å². The molecule has 0 atom stereocenters. The zero-order valence-corrected chi connectivity index (χ0v) is 10.8. The molecule has 4 heteroatoms. The van der Waals surface area contributed by atoms with Crippen molar-refractivity contribution in [2.45, 2.75) is 6.92 Å². The molecule has 0 fully saturated rings. The van der Waals surface area contributed by atoms with Crippen molar-refractivity contribution in [1.82, 2.24) is 0 Å². The topological polar surface area (TPSA) is 48.7 Å². The third-order valence-corrected chi connectivity index (χ3v) is 2.58. The van der Waals surface area contributed by atoms with Crippen LogP contribution < -0.4 is 4.74 Å². The third kappa shape index (κ3) is 3.45. The Kier molecular flexibility index (Phi) is 4.75. The molecule has 4 nitrogen and oxygen atoms in total. The lowest BCUT2D eigenvalue weighted by atomic mass is 10.1. The number of ether oxygens (including phenoxy) is 2. The normalized spacial score (nSPS) is 10.4. The van der Waals surface area contributed by atoms with Crippen LogP contribution in [-0.2, 0) is 4.74 Å². The minimum Gasteiger partial charge on any atom is -0.490 e. The highest BCUT2D eigenvalue weighted by atomic mass is 16.5. The van der Waals surface area contributed by atoms with Crippen LogP contribution in [0.1, 0.15) is 17.5 Å². The number of para-hydroxylation sites is 1. The Balaban J connectivity index is 2.13. The van der Waals surface area contributed by atoms with Crippen molar-refractivity contribution in [3.8, 4) is 17.1 Å². The molecule has 0 aliphatic rings. The molecule has 100 valence electrons. The molecule has 0 saturated carbocycles. The number of hydrogen-bond donors (Lipinski definition) is 0. The van der Waals surface area contributed by atoms with Crippen molar-refractivity contribution in [2.75, 3.05) is 19.8 Å². The van der Waals surface area contributed by atoms with Gasteiger partial charge in [0.15, 0.2) is 12.0 Å². The Bertz CT molecular complexity index is 530. The highest BCUT2D eigenvalue weighted by Gasteiger charge is 2.09. The van der Waals surface area contributed by atoms with Crippen LogP contribution in [0.15, 0.2) is 40.8 Å². The average molecular weight is 260 g/mol. The molecule has 1 heterocycles. The molecule has 19 heavy (non-hydrogen) atoms. The fourth-order valence-electron chi connectivity index (χ4n) is 1.71. The summed E-state index contributed by atoms with van der Waals surface area (Å²) in [6, 6.07) is 10.9. The van der Waals surface area contributed by atoms with Gasteiger partial charge in [-0.2, -0.15) is 0 Å². The minimum atomic E-state index is 0.305. The molecule has 1 aromatic carbocycles. The molecule has 2 rings (SSSR count). The van der Waals surface area contributed by atoms with E-state index in [4.69, 9.17) is 13.9 Å². The SMILES string of the molecule is CCOCCOc1ccccc1-c1ccc(C=O)o1. The highest BCUT2D eigenvalue weighted by molar-refractivity contribution is 5.74. The standard InChI is InChI=1S/C15H16O4/c1-2-17-9-10-18-14-6-4-3-5-13(14)15-8-7-12(11-16)19-15/h3-8,11H,2,9-10H2,1H3. The maximum absolute atomic E-state index is 10.6. The van der Waals surface area contributed by atoms with E-state index < -0.39 is 0 Å². The summed E-state index contributed by atoms with van der Waals surface area (Å²) in [6.07, 6.45) is 0.683. The van der Waals surface area contributed by atoms with Gasteiger partial charge in [0.05, 0.1) is 12.2 Å². The number of aldehydes is 1. The van der Waals surface area contributed by atoms with Gasteiger partial charge in [0.25, 0.3) is 0 Å². The van der Waals surface area contributed by atoms with E-state index in [1.165, 1.54) is 0 Å².